The molecule has 0 spiro atoms. The first kappa shape index (κ1) is 22.2. The Labute approximate surface area is 172 Å². The summed E-state index contributed by atoms with van der Waals surface area (Å²) in [7, 11) is 5.34. The number of thiophene rings is 1. The second kappa shape index (κ2) is 11.0. The van der Waals surface area contributed by atoms with Crippen molar-refractivity contribution in [2.75, 3.05) is 34.2 Å². The highest BCUT2D eigenvalue weighted by molar-refractivity contribution is 14.0. The van der Waals surface area contributed by atoms with Crippen LogP contribution in [0, 0.1) is 0 Å². The van der Waals surface area contributed by atoms with Gasteiger partial charge in [-0.1, -0.05) is 25.3 Å². The lowest BCUT2D eigenvalue weighted by atomic mass is 9.73. The maximum absolute atomic E-state index is 11.7. The van der Waals surface area contributed by atoms with E-state index in [0.29, 0.717) is 13.0 Å². The first-order valence-corrected chi connectivity index (χ1v) is 9.64. The van der Waals surface area contributed by atoms with Crippen LogP contribution in [0.15, 0.2) is 22.5 Å². The molecule has 1 amide bonds. The van der Waals surface area contributed by atoms with Gasteiger partial charge in [-0.05, 0) is 24.3 Å². The topological polar surface area (TPSA) is 56.7 Å². The van der Waals surface area contributed by atoms with Crippen molar-refractivity contribution in [3.05, 3.63) is 22.4 Å². The number of aliphatic imine (C=N–C) groups is 1. The van der Waals surface area contributed by atoms with Crippen LogP contribution < -0.4 is 10.6 Å². The van der Waals surface area contributed by atoms with Crippen molar-refractivity contribution in [1.82, 2.24) is 15.5 Å². The number of carbonyl (C=O) groups excluding carboxylic acids is 1. The molecule has 142 valence electrons. The maximum atomic E-state index is 11.7. The minimum atomic E-state index is 0. The van der Waals surface area contributed by atoms with Gasteiger partial charge in [0.25, 0.3) is 0 Å². The van der Waals surface area contributed by atoms with Crippen LogP contribution in [-0.2, 0) is 10.2 Å². The van der Waals surface area contributed by atoms with Crippen LogP contribution in [0.1, 0.15) is 43.4 Å². The molecule has 1 aliphatic carbocycles. The smallest absolute Gasteiger partial charge is 0.223 e. The van der Waals surface area contributed by atoms with Gasteiger partial charge in [0, 0.05) is 50.9 Å². The highest BCUT2D eigenvalue weighted by Gasteiger charge is 2.34. The second-order valence-corrected chi connectivity index (χ2v) is 7.66. The average Bonchev–Trinajstić information content (AvgIpc) is 3.13. The zero-order valence-corrected chi connectivity index (χ0v) is 18.7. The summed E-state index contributed by atoms with van der Waals surface area (Å²) in [6.07, 6.45) is 6.87. The van der Waals surface area contributed by atoms with Crippen LogP contribution in [-0.4, -0.2) is 51.0 Å². The summed E-state index contributed by atoms with van der Waals surface area (Å²) in [4.78, 5) is 19.0. The van der Waals surface area contributed by atoms with Crippen LogP contribution in [0.3, 0.4) is 0 Å². The summed E-state index contributed by atoms with van der Waals surface area (Å²) in [5, 5.41) is 8.92. The Morgan fingerprint density at radius 2 is 2.00 bits per heavy atom. The number of carbonyl (C=O) groups is 1. The Morgan fingerprint density at radius 3 is 2.56 bits per heavy atom. The molecule has 0 radical (unpaired) electrons. The van der Waals surface area contributed by atoms with E-state index in [1.54, 1.807) is 26.0 Å². The van der Waals surface area contributed by atoms with Crippen molar-refractivity contribution in [1.29, 1.82) is 0 Å². The van der Waals surface area contributed by atoms with Gasteiger partial charge in [-0.15, -0.1) is 35.3 Å². The number of amides is 1. The number of nitrogens with one attached hydrogen (secondary N) is 2. The normalized spacial score (nSPS) is 16.7. The molecule has 0 atom stereocenters. The molecule has 0 aromatic carbocycles. The first-order chi connectivity index (χ1) is 11.6. The van der Waals surface area contributed by atoms with Gasteiger partial charge in [-0.25, -0.2) is 0 Å². The second-order valence-electron chi connectivity index (χ2n) is 6.71. The molecule has 0 saturated heterocycles. The largest absolute Gasteiger partial charge is 0.356 e. The molecule has 1 fully saturated rings. The van der Waals surface area contributed by atoms with Gasteiger partial charge in [0.1, 0.15) is 0 Å². The Balaban J connectivity index is 0.00000312. The molecule has 2 rings (SSSR count). The lowest BCUT2D eigenvalue weighted by Crippen LogP contribution is -2.46. The third kappa shape index (κ3) is 6.44. The molecule has 1 aromatic heterocycles. The van der Waals surface area contributed by atoms with E-state index in [-0.39, 0.29) is 35.3 Å². The summed E-state index contributed by atoms with van der Waals surface area (Å²) in [5.41, 5.74) is 0.226. The highest BCUT2D eigenvalue weighted by Crippen LogP contribution is 2.41. The quantitative estimate of drug-likeness (QED) is 0.375. The van der Waals surface area contributed by atoms with Crippen LogP contribution in [0.2, 0.25) is 0 Å². The van der Waals surface area contributed by atoms with E-state index in [1.165, 1.54) is 37.0 Å². The molecule has 0 bridgehead atoms. The fourth-order valence-corrected chi connectivity index (χ4v) is 4.29. The molecule has 1 heterocycles. The Kier molecular flexibility index (Phi) is 9.78. The summed E-state index contributed by atoms with van der Waals surface area (Å²) in [5.74, 6) is 0.906. The molecule has 1 aromatic rings. The van der Waals surface area contributed by atoms with Gasteiger partial charge in [0.15, 0.2) is 5.96 Å². The van der Waals surface area contributed by atoms with E-state index < -0.39 is 0 Å². The lowest BCUT2D eigenvalue weighted by molar-refractivity contribution is -0.128. The molecule has 25 heavy (non-hydrogen) atoms. The molecule has 5 nitrogen and oxygen atoms in total. The van der Waals surface area contributed by atoms with Gasteiger partial charge < -0.3 is 15.5 Å². The molecule has 7 heteroatoms. The van der Waals surface area contributed by atoms with Crippen molar-refractivity contribution in [2.24, 2.45) is 4.99 Å². The number of nitrogens with zero attached hydrogens (tertiary/aromatic N) is 2. The van der Waals surface area contributed by atoms with E-state index in [2.05, 4.69) is 33.1 Å². The molecule has 0 aliphatic heterocycles. The van der Waals surface area contributed by atoms with Gasteiger partial charge in [-0.3, -0.25) is 9.79 Å². The first-order valence-electron chi connectivity index (χ1n) is 8.76. The number of guanidine groups is 1. The number of rotatable bonds is 6. The van der Waals surface area contributed by atoms with Gasteiger partial charge >= 0.3 is 0 Å². The summed E-state index contributed by atoms with van der Waals surface area (Å²) >= 11 is 1.86. The fraction of sp³-hybridized carbons (Fsp3) is 0.667. The van der Waals surface area contributed by atoms with E-state index in [1.807, 2.05) is 11.3 Å². The number of hydrogen-bond acceptors (Lipinski definition) is 3. The monoisotopic (exact) mass is 478 g/mol. The Hall–Kier alpha value is -0.830. The van der Waals surface area contributed by atoms with E-state index in [9.17, 15) is 4.79 Å². The maximum Gasteiger partial charge on any atom is 0.223 e. The van der Waals surface area contributed by atoms with E-state index in [4.69, 9.17) is 0 Å². The Bertz CT molecular complexity index is 539. The van der Waals surface area contributed by atoms with Gasteiger partial charge in [0.2, 0.25) is 5.91 Å². The summed E-state index contributed by atoms with van der Waals surface area (Å²) in [6.45, 7) is 1.50. The lowest BCUT2D eigenvalue weighted by Gasteiger charge is -2.37. The van der Waals surface area contributed by atoms with Crippen molar-refractivity contribution in [3.63, 3.8) is 0 Å². The zero-order chi connectivity index (χ0) is 17.4. The van der Waals surface area contributed by atoms with Crippen molar-refractivity contribution < 1.29 is 4.79 Å². The van der Waals surface area contributed by atoms with Crippen LogP contribution in [0.4, 0.5) is 0 Å². The SMILES string of the molecule is CN=C(NCCC(=O)N(C)C)NCC1(c2cccs2)CCCCC1.I. The molecular weight excluding hydrogens is 447 g/mol. The molecule has 1 aliphatic rings. The zero-order valence-electron chi connectivity index (χ0n) is 15.5. The van der Waals surface area contributed by atoms with Crippen LogP contribution in [0.5, 0.6) is 0 Å². The van der Waals surface area contributed by atoms with Gasteiger partial charge in [0.05, 0.1) is 0 Å². The van der Waals surface area contributed by atoms with Crippen molar-refractivity contribution in [2.45, 2.75) is 43.9 Å². The predicted octanol–water partition coefficient (Wildman–Crippen LogP) is 3.21. The standard InChI is InChI=1S/C18H30N4OS.HI/c1-19-17(20-12-9-16(23)22(2)3)21-14-18(10-5-4-6-11-18)15-8-7-13-24-15;/h7-8,13H,4-6,9-12,14H2,1-3H3,(H2,19,20,21);1H. The number of halogens is 1. The molecule has 2 N–H and O–H groups in total. The van der Waals surface area contributed by atoms with Crippen LogP contribution in [0.25, 0.3) is 0 Å². The third-order valence-corrected chi connectivity index (χ3v) is 5.92. The van der Waals surface area contributed by atoms with E-state index >= 15 is 0 Å². The van der Waals surface area contributed by atoms with E-state index in [0.717, 1.165) is 12.5 Å². The fourth-order valence-electron chi connectivity index (χ4n) is 3.30. The molecular formula is C18H31IN4OS. The highest BCUT2D eigenvalue weighted by atomic mass is 127. The number of hydrogen-bond donors (Lipinski definition) is 2. The predicted molar refractivity (Wildman–Crippen MR) is 117 cm³/mol. The van der Waals surface area contributed by atoms with Crippen molar-refractivity contribution in [3.8, 4) is 0 Å². The molecule has 0 unspecified atom stereocenters. The molecule has 1 saturated carbocycles. The van der Waals surface area contributed by atoms with Gasteiger partial charge in [-0.2, -0.15) is 0 Å². The minimum absolute atomic E-state index is 0. The summed E-state index contributed by atoms with van der Waals surface area (Å²) < 4.78 is 0. The average molecular weight is 478 g/mol. The van der Waals surface area contributed by atoms with Crippen molar-refractivity contribution >= 4 is 47.2 Å². The summed E-state index contributed by atoms with van der Waals surface area (Å²) in [6, 6.07) is 4.42. The Morgan fingerprint density at radius 1 is 1.28 bits per heavy atom. The minimum Gasteiger partial charge on any atom is -0.356 e. The third-order valence-electron chi connectivity index (χ3n) is 4.80. The van der Waals surface area contributed by atoms with Crippen LogP contribution >= 0.6 is 35.3 Å².